The number of rotatable bonds is 4. The van der Waals surface area contributed by atoms with Gasteiger partial charge in [0.2, 0.25) is 0 Å². The van der Waals surface area contributed by atoms with Crippen molar-refractivity contribution in [3.63, 3.8) is 0 Å². The Morgan fingerprint density at radius 2 is 2.05 bits per heavy atom. The Morgan fingerprint density at radius 1 is 1.36 bits per heavy atom. The second kappa shape index (κ2) is 7.81. The van der Waals surface area contributed by atoms with Gasteiger partial charge in [-0.25, -0.2) is 0 Å². The maximum atomic E-state index is 12.0. The molecule has 1 heterocycles. The Labute approximate surface area is 139 Å². The number of hydrogen-bond acceptors (Lipinski definition) is 4. The van der Waals surface area contributed by atoms with Crippen LogP contribution in [0.1, 0.15) is 19.4 Å². The van der Waals surface area contributed by atoms with E-state index in [0.29, 0.717) is 23.1 Å². The molecule has 1 fully saturated rings. The quantitative estimate of drug-likeness (QED) is 0.623. The van der Waals surface area contributed by atoms with Crippen LogP contribution in [0.15, 0.2) is 23.4 Å². The second-order valence-corrected chi connectivity index (χ2v) is 6.05. The molecule has 0 bridgehead atoms. The van der Waals surface area contributed by atoms with E-state index in [-0.39, 0.29) is 24.7 Å². The van der Waals surface area contributed by atoms with Crippen molar-refractivity contribution in [1.82, 2.24) is 4.90 Å². The predicted octanol–water partition coefficient (Wildman–Crippen LogP) is 2.98. The third-order valence-corrected chi connectivity index (χ3v) is 3.92. The minimum Gasteiger partial charge on any atom is -0.386 e. The first-order valence-electron chi connectivity index (χ1n) is 6.99. The molecular weight excluding hydrogens is 327 g/mol. The van der Waals surface area contributed by atoms with Crippen LogP contribution in [0.4, 0.5) is 0 Å². The summed E-state index contributed by atoms with van der Waals surface area (Å²) in [6.07, 6.45) is 1.56. The maximum Gasteiger partial charge on any atom is 0.263 e. The van der Waals surface area contributed by atoms with Crippen molar-refractivity contribution < 1.29 is 14.4 Å². The van der Waals surface area contributed by atoms with Gasteiger partial charge in [-0.15, -0.1) is 0 Å². The van der Waals surface area contributed by atoms with Gasteiger partial charge in [0.05, 0.1) is 28.5 Å². The van der Waals surface area contributed by atoms with Crippen molar-refractivity contribution in [2.24, 2.45) is 5.16 Å². The monoisotopic (exact) mass is 344 g/mol. The smallest absolute Gasteiger partial charge is 0.263 e. The number of carbonyl (C=O) groups is 1. The van der Waals surface area contributed by atoms with Gasteiger partial charge in [0.15, 0.2) is 6.61 Å². The normalized spacial score (nSPS) is 22.1. The standard InChI is InChI=1S/C15H18Cl2N2O3/c1-10-7-19(8-11(2)22-10)15(20)9-21-18-6-12-3-4-13(16)14(17)5-12/h3-6,10-11H,7-9H2,1-2H3/t10-,11+. The van der Waals surface area contributed by atoms with E-state index in [1.807, 2.05) is 13.8 Å². The van der Waals surface area contributed by atoms with E-state index in [4.69, 9.17) is 32.8 Å². The number of carbonyl (C=O) groups excluding carboxylic acids is 1. The lowest BCUT2D eigenvalue weighted by molar-refractivity contribution is -0.147. The van der Waals surface area contributed by atoms with Gasteiger partial charge in [-0.05, 0) is 31.5 Å². The molecule has 1 amide bonds. The molecule has 22 heavy (non-hydrogen) atoms. The highest BCUT2D eigenvalue weighted by Gasteiger charge is 2.25. The molecule has 0 unspecified atom stereocenters. The van der Waals surface area contributed by atoms with E-state index in [9.17, 15) is 4.79 Å². The molecule has 2 atom stereocenters. The largest absolute Gasteiger partial charge is 0.386 e. The van der Waals surface area contributed by atoms with Crippen molar-refractivity contribution in [2.45, 2.75) is 26.1 Å². The fraction of sp³-hybridized carbons (Fsp3) is 0.467. The van der Waals surface area contributed by atoms with Crippen molar-refractivity contribution in [1.29, 1.82) is 0 Å². The van der Waals surface area contributed by atoms with E-state index in [0.717, 1.165) is 5.56 Å². The molecule has 0 saturated carbocycles. The lowest BCUT2D eigenvalue weighted by Gasteiger charge is -2.34. The SMILES string of the molecule is C[C@@H]1CN(C(=O)CON=Cc2ccc(Cl)c(Cl)c2)C[C@H](C)O1. The minimum absolute atomic E-state index is 0.0346. The summed E-state index contributed by atoms with van der Waals surface area (Å²) in [7, 11) is 0. The summed E-state index contributed by atoms with van der Waals surface area (Å²) in [5, 5.41) is 4.70. The molecule has 1 aliphatic rings. The molecule has 120 valence electrons. The molecular formula is C15H18Cl2N2O3. The van der Waals surface area contributed by atoms with Crippen LogP contribution in [0.5, 0.6) is 0 Å². The number of nitrogens with zero attached hydrogens (tertiary/aromatic N) is 2. The second-order valence-electron chi connectivity index (χ2n) is 5.24. The number of ether oxygens (including phenoxy) is 1. The third-order valence-electron chi connectivity index (χ3n) is 3.18. The molecule has 0 radical (unpaired) electrons. The van der Waals surface area contributed by atoms with Crippen molar-refractivity contribution in [3.8, 4) is 0 Å². The molecule has 2 rings (SSSR count). The summed E-state index contributed by atoms with van der Waals surface area (Å²) >= 11 is 11.7. The lowest BCUT2D eigenvalue weighted by Crippen LogP contribution is -2.49. The molecule has 7 heteroatoms. The molecule has 0 aromatic heterocycles. The molecule has 0 spiro atoms. The highest BCUT2D eigenvalue weighted by atomic mass is 35.5. The zero-order valence-electron chi connectivity index (χ0n) is 12.5. The van der Waals surface area contributed by atoms with Gasteiger partial charge in [0.25, 0.3) is 5.91 Å². The van der Waals surface area contributed by atoms with E-state index < -0.39 is 0 Å². The number of oxime groups is 1. The first-order valence-corrected chi connectivity index (χ1v) is 7.75. The average Bonchev–Trinajstić information content (AvgIpc) is 2.46. The Morgan fingerprint density at radius 3 is 2.68 bits per heavy atom. The zero-order valence-corrected chi connectivity index (χ0v) is 14.0. The Hall–Kier alpha value is -1.30. The summed E-state index contributed by atoms with van der Waals surface area (Å²) in [6, 6.07) is 5.10. The molecule has 5 nitrogen and oxygen atoms in total. The predicted molar refractivity (Wildman–Crippen MR) is 86.6 cm³/mol. The average molecular weight is 345 g/mol. The zero-order chi connectivity index (χ0) is 16.1. The first kappa shape index (κ1) is 17.1. The molecule has 1 aromatic rings. The van der Waals surface area contributed by atoms with Crippen LogP contribution in [-0.2, 0) is 14.4 Å². The van der Waals surface area contributed by atoms with Crippen LogP contribution in [0, 0.1) is 0 Å². The van der Waals surface area contributed by atoms with Gasteiger partial charge in [-0.2, -0.15) is 0 Å². The number of halogens is 2. The van der Waals surface area contributed by atoms with Gasteiger partial charge in [0, 0.05) is 13.1 Å². The molecule has 0 N–H and O–H groups in total. The number of amides is 1. The van der Waals surface area contributed by atoms with Crippen LogP contribution in [0.25, 0.3) is 0 Å². The lowest BCUT2D eigenvalue weighted by atomic mass is 10.2. The minimum atomic E-state index is -0.103. The van der Waals surface area contributed by atoms with Crippen LogP contribution < -0.4 is 0 Å². The van der Waals surface area contributed by atoms with E-state index in [1.165, 1.54) is 6.21 Å². The molecule has 1 aromatic carbocycles. The number of benzene rings is 1. The number of hydrogen-bond donors (Lipinski definition) is 0. The Balaban J connectivity index is 1.81. The topological polar surface area (TPSA) is 51.1 Å². The van der Waals surface area contributed by atoms with Crippen molar-refractivity contribution in [2.75, 3.05) is 19.7 Å². The van der Waals surface area contributed by atoms with Gasteiger partial charge >= 0.3 is 0 Å². The van der Waals surface area contributed by atoms with Gasteiger partial charge in [-0.1, -0.05) is 34.4 Å². The fourth-order valence-electron chi connectivity index (χ4n) is 2.26. The van der Waals surface area contributed by atoms with E-state index in [1.54, 1.807) is 23.1 Å². The first-order chi connectivity index (χ1) is 10.5. The van der Waals surface area contributed by atoms with Crippen LogP contribution >= 0.6 is 23.2 Å². The van der Waals surface area contributed by atoms with Gasteiger partial charge in [-0.3, -0.25) is 4.79 Å². The van der Waals surface area contributed by atoms with E-state index in [2.05, 4.69) is 5.16 Å². The fourth-order valence-corrected chi connectivity index (χ4v) is 2.56. The molecule has 0 aliphatic carbocycles. The molecule has 1 saturated heterocycles. The molecule has 1 aliphatic heterocycles. The highest BCUT2D eigenvalue weighted by Crippen LogP contribution is 2.21. The van der Waals surface area contributed by atoms with Crippen LogP contribution in [0.2, 0.25) is 10.0 Å². The van der Waals surface area contributed by atoms with E-state index >= 15 is 0 Å². The number of morpholine rings is 1. The highest BCUT2D eigenvalue weighted by molar-refractivity contribution is 6.42. The van der Waals surface area contributed by atoms with Gasteiger partial charge < -0.3 is 14.5 Å². The van der Waals surface area contributed by atoms with Crippen molar-refractivity contribution >= 4 is 35.3 Å². The van der Waals surface area contributed by atoms with Crippen molar-refractivity contribution in [3.05, 3.63) is 33.8 Å². The summed E-state index contributed by atoms with van der Waals surface area (Å²) in [4.78, 5) is 18.8. The Kier molecular flexibility index (Phi) is 6.06. The summed E-state index contributed by atoms with van der Waals surface area (Å²) in [6.45, 7) is 4.93. The summed E-state index contributed by atoms with van der Waals surface area (Å²) in [5.74, 6) is -0.103. The Bertz CT molecular complexity index is 556. The summed E-state index contributed by atoms with van der Waals surface area (Å²) in [5.41, 5.74) is 0.746. The van der Waals surface area contributed by atoms with Crippen LogP contribution in [0.3, 0.4) is 0 Å². The van der Waals surface area contributed by atoms with Gasteiger partial charge in [0.1, 0.15) is 0 Å². The maximum absolute atomic E-state index is 12.0. The van der Waals surface area contributed by atoms with Crippen LogP contribution in [-0.4, -0.2) is 48.9 Å². The third kappa shape index (κ3) is 4.87. The summed E-state index contributed by atoms with van der Waals surface area (Å²) < 4.78 is 5.58.